The highest BCUT2D eigenvalue weighted by Crippen LogP contribution is 2.30. The summed E-state index contributed by atoms with van der Waals surface area (Å²) in [4.78, 5) is 28.7. The fourth-order valence-corrected chi connectivity index (χ4v) is 4.65. The van der Waals surface area contributed by atoms with Crippen LogP contribution in [0.3, 0.4) is 0 Å². The topological polar surface area (TPSA) is 85.5 Å². The quantitative estimate of drug-likeness (QED) is 0.349. The Morgan fingerprint density at radius 1 is 0.974 bits per heavy atom. The van der Waals surface area contributed by atoms with Crippen molar-refractivity contribution in [3.05, 3.63) is 65.7 Å². The predicted octanol–water partition coefficient (Wildman–Crippen LogP) is 4.65. The summed E-state index contributed by atoms with van der Waals surface area (Å²) in [5.41, 5.74) is -0.416. The van der Waals surface area contributed by atoms with Gasteiger partial charge in [-0.25, -0.2) is 4.79 Å². The lowest BCUT2D eigenvalue weighted by atomic mass is 9.85. The van der Waals surface area contributed by atoms with E-state index in [0.717, 1.165) is 63.3 Å². The molecule has 4 N–H and O–H groups in total. The van der Waals surface area contributed by atoms with E-state index in [1.165, 1.54) is 12.1 Å². The number of hydrogen-bond acceptors (Lipinski definition) is 4. The van der Waals surface area contributed by atoms with Crippen LogP contribution in [0, 0.1) is 5.41 Å². The molecule has 1 aliphatic rings. The monoisotopic (exact) mass is 547 g/mol. The second-order valence-electron chi connectivity index (χ2n) is 11.1. The number of nitrogens with zero attached hydrogens (tertiary/aromatic N) is 1. The van der Waals surface area contributed by atoms with Crippen LogP contribution in [-0.2, 0) is 17.4 Å². The number of nitrogens with one attached hydrogen (secondary N) is 4. The number of benzene rings is 2. The van der Waals surface area contributed by atoms with Gasteiger partial charge in [0.1, 0.15) is 6.04 Å². The van der Waals surface area contributed by atoms with E-state index in [9.17, 15) is 22.8 Å². The Hall–Kier alpha value is -3.11. The number of urea groups is 1. The zero-order valence-corrected chi connectivity index (χ0v) is 22.9. The Morgan fingerprint density at radius 3 is 2.31 bits per heavy atom. The smallest absolute Gasteiger partial charge is 0.351 e. The van der Waals surface area contributed by atoms with Crippen molar-refractivity contribution < 1.29 is 22.8 Å². The molecule has 1 aliphatic heterocycles. The Balaban J connectivity index is 1.66. The van der Waals surface area contributed by atoms with E-state index in [4.69, 9.17) is 0 Å². The molecule has 1 saturated heterocycles. The summed E-state index contributed by atoms with van der Waals surface area (Å²) in [5.74, 6) is -0.329. The SMILES string of the molecule is CC(C)(C)[C@H](NC(=O)Nc1cccc(C(F)(F)F)c1)C(=O)N[C@H](CCCN1CCNCC1)Cc1ccccc1. The van der Waals surface area contributed by atoms with Crippen molar-refractivity contribution in [2.75, 3.05) is 38.0 Å². The number of alkyl halides is 3. The molecule has 3 rings (SSSR count). The third kappa shape index (κ3) is 10.2. The number of carbonyl (C=O) groups is 2. The first-order valence-corrected chi connectivity index (χ1v) is 13.4. The van der Waals surface area contributed by atoms with Crippen LogP contribution in [0.25, 0.3) is 0 Å². The zero-order valence-electron chi connectivity index (χ0n) is 22.9. The fourth-order valence-electron chi connectivity index (χ4n) is 4.65. The van der Waals surface area contributed by atoms with E-state index in [2.05, 4.69) is 26.2 Å². The van der Waals surface area contributed by atoms with Crippen molar-refractivity contribution in [3.63, 3.8) is 0 Å². The minimum atomic E-state index is -4.53. The van der Waals surface area contributed by atoms with Gasteiger partial charge in [-0.15, -0.1) is 0 Å². The molecule has 10 heteroatoms. The largest absolute Gasteiger partial charge is 0.416 e. The molecule has 0 saturated carbocycles. The number of rotatable bonds is 10. The number of piperazine rings is 1. The standard InChI is InChI=1S/C29H40F3N5O2/c1-28(2,3)25(36-27(39)35-24-12-7-11-22(20-24)29(30,31)32)26(38)34-23(19-21-9-5-4-6-10-21)13-8-16-37-17-14-33-15-18-37/h4-7,9-12,20,23,25,33H,8,13-19H2,1-3H3,(H,34,38)(H2,35,36,39)/t23-,25-/m1/s1. The van der Waals surface area contributed by atoms with Crippen LogP contribution in [0.4, 0.5) is 23.7 Å². The molecule has 3 amide bonds. The third-order valence-corrected chi connectivity index (χ3v) is 6.76. The molecule has 1 heterocycles. The van der Waals surface area contributed by atoms with Gasteiger partial charge in [0.2, 0.25) is 5.91 Å². The highest BCUT2D eigenvalue weighted by atomic mass is 19.4. The van der Waals surface area contributed by atoms with Crippen molar-refractivity contribution in [2.45, 2.75) is 58.3 Å². The van der Waals surface area contributed by atoms with Gasteiger partial charge in [-0.05, 0) is 55.0 Å². The Morgan fingerprint density at radius 2 is 1.67 bits per heavy atom. The average Bonchev–Trinajstić information content (AvgIpc) is 2.87. The molecule has 2 aromatic carbocycles. The van der Waals surface area contributed by atoms with E-state index in [0.29, 0.717) is 6.42 Å². The Bertz CT molecular complexity index is 1070. The molecule has 0 aliphatic carbocycles. The molecule has 0 bridgehead atoms. The molecule has 39 heavy (non-hydrogen) atoms. The zero-order chi connectivity index (χ0) is 28.5. The van der Waals surface area contributed by atoms with Gasteiger partial charge in [-0.1, -0.05) is 57.2 Å². The molecule has 0 unspecified atom stereocenters. The Kier molecular flexibility index (Phi) is 10.8. The number of amides is 3. The van der Waals surface area contributed by atoms with Crippen LogP contribution >= 0.6 is 0 Å². The summed E-state index contributed by atoms with van der Waals surface area (Å²) < 4.78 is 39.2. The summed E-state index contributed by atoms with van der Waals surface area (Å²) in [6, 6.07) is 12.5. The predicted molar refractivity (Wildman–Crippen MR) is 147 cm³/mol. The van der Waals surface area contributed by atoms with Gasteiger partial charge in [0.05, 0.1) is 5.56 Å². The maximum absolute atomic E-state index is 13.5. The molecule has 2 aromatic rings. The summed E-state index contributed by atoms with van der Waals surface area (Å²) in [6.07, 6.45) is -2.18. The van der Waals surface area contributed by atoms with Gasteiger partial charge >= 0.3 is 12.2 Å². The van der Waals surface area contributed by atoms with Crippen molar-refractivity contribution in [1.29, 1.82) is 0 Å². The molecule has 1 fully saturated rings. The maximum atomic E-state index is 13.5. The van der Waals surface area contributed by atoms with Crippen molar-refractivity contribution in [2.24, 2.45) is 5.41 Å². The molecule has 0 aromatic heterocycles. The molecule has 214 valence electrons. The van der Waals surface area contributed by atoms with E-state index >= 15 is 0 Å². The van der Waals surface area contributed by atoms with Crippen LogP contribution in [0.5, 0.6) is 0 Å². The van der Waals surface area contributed by atoms with Crippen molar-refractivity contribution in [1.82, 2.24) is 20.9 Å². The second-order valence-corrected chi connectivity index (χ2v) is 11.1. The van der Waals surface area contributed by atoms with E-state index in [1.54, 1.807) is 0 Å². The van der Waals surface area contributed by atoms with Crippen molar-refractivity contribution in [3.8, 4) is 0 Å². The van der Waals surface area contributed by atoms with Gasteiger partial charge in [0.15, 0.2) is 0 Å². The average molecular weight is 548 g/mol. The number of halogens is 3. The van der Waals surface area contributed by atoms with Gasteiger partial charge in [-0.3, -0.25) is 4.79 Å². The third-order valence-electron chi connectivity index (χ3n) is 6.76. The number of hydrogen-bond donors (Lipinski definition) is 4. The van der Waals surface area contributed by atoms with E-state index in [-0.39, 0.29) is 17.6 Å². The van der Waals surface area contributed by atoms with Gasteiger partial charge in [-0.2, -0.15) is 13.2 Å². The minimum Gasteiger partial charge on any atom is -0.351 e. The number of carbonyl (C=O) groups excluding carboxylic acids is 2. The van der Waals surface area contributed by atoms with Gasteiger partial charge in [0.25, 0.3) is 0 Å². The maximum Gasteiger partial charge on any atom is 0.416 e. The fraction of sp³-hybridized carbons (Fsp3) is 0.517. The Labute approximate surface area is 228 Å². The molecule has 0 radical (unpaired) electrons. The van der Waals surface area contributed by atoms with Crippen LogP contribution in [0.2, 0.25) is 0 Å². The van der Waals surface area contributed by atoms with Crippen LogP contribution in [-0.4, -0.2) is 61.6 Å². The summed E-state index contributed by atoms with van der Waals surface area (Å²) in [5, 5.41) is 11.6. The van der Waals surface area contributed by atoms with Gasteiger partial charge < -0.3 is 26.2 Å². The van der Waals surface area contributed by atoms with E-state index in [1.807, 2.05) is 51.1 Å². The molecule has 2 atom stereocenters. The first kappa shape index (κ1) is 30.4. The van der Waals surface area contributed by atoms with Crippen molar-refractivity contribution >= 4 is 17.6 Å². The highest BCUT2D eigenvalue weighted by Gasteiger charge is 2.34. The molecule has 7 nitrogen and oxygen atoms in total. The summed E-state index contributed by atoms with van der Waals surface area (Å²) in [6.45, 7) is 10.4. The second kappa shape index (κ2) is 13.8. The first-order chi connectivity index (χ1) is 18.4. The lowest BCUT2D eigenvalue weighted by Crippen LogP contribution is -2.56. The molecular weight excluding hydrogens is 507 g/mol. The van der Waals surface area contributed by atoms with Crippen LogP contribution in [0.15, 0.2) is 54.6 Å². The highest BCUT2D eigenvalue weighted by molar-refractivity contribution is 5.94. The van der Waals surface area contributed by atoms with E-state index < -0.39 is 29.2 Å². The van der Waals surface area contributed by atoms with Crippen LogP contribution < -0.4 is 21.3 Å². The lowest BCUT2D eigenvalue weighted by molar-refractivity contribution is -0.137. The summed E-state index contributed by atoms with van der Waals surface area (Å²) >= 11 is 0. The molecule has 0 spiro atoms. The normalized spacial score (nSPS) is 16.3. The van der Waals surface area contributed by atoms with Crippen LogP contribution in [0.1, 0.15) is 44.7 Å². The van der Waals surface area contributed by atoms with Gasteiger partial charge in [0, 0.05) is 37.9 Å². The molecular formula is C29H40F3N5O2. The number of anilines is 1. The first-order valence-electron chi connectivity index (χ1n) is 13.4. The summed E-state index contributed by atoms with van der Waals surface area (Å²) in [7, 11) is 0. The lowest BCUT2D eigenvalue weighted by Gasteiger charge is -2.32. The minimum absolute atomic E-state index is 0.00902.